The molecule has 0 aliphatic rings. The maximum Gasteiger partial charge on any atom is 0.161 e. The van der Waals surface area contributed by atoms with Crippen LogP contribution in [0.3, 0.4) is 0 Å². The quantitative estimate of drug-likeness (QED) is 0.814. The van der Waals surface area contributed by atoms with Crippen molar-refractivity contribution in [2.45, 2.75) is 13.5 Å². The summed E-state index contributed by atoms with van der Waals surface area (Å²) in [4.78, 5) is 9.14. The third-order valence-corrected chi connectivity index (χ3v) is 3.95. The Labute approximate surface area is 135 Å². The Kier molecular flexibility index (Phi) is 5.51. The first-order valence-electron chi connectivity index (χ1n) is 6.20. The van der Waals surface area contributed by atoms with Crippen LogP contribution < -0.4 is 5.32 Å². The molecule has 2 aromatic rings. The third-order valence-electron chi connectivity index (χ3n) is 2.63. The highest BCUT2D eigenvalue weighted by Crippen LogP contribution is 2.28. The van der Waals surface area contributed by atoms with Crippen LogP contribution in [-0.2, 0) is 11.3 Å². The van der Waals surface area contributed by atoms with Gasteiger partial charge in [-0.1, -0.05) is 28.1 Å². The first-order valence-corrected chi connectivity index (χ1v) is 7.79. The van der Waals surface area contributed by atoms with Gasteiger partial charge in [-0.15, -0.1) is 0 Å². The van der Waals surface area contributed by atoms with Crippen LogP contribution in [0.25, 0.3) is 11.4 Å². The summed E-state index contributed by atoms with van der Waals surface area (Å²) in [5, 5.41) is 3.23. The second-order valence-electron chi connectivity index (χ2n) is 4.13. The number of halogens is 2. The van der Waals surface area contributed by atoms with Crippen LogP contribution in [0.2, 0.25) is 0 Å². The summed E-state index contributed by atoms with van der Waals surface area (Å²) in [6, 6.07) is 7.92. The summed E-state index contributed by atoms with van der Waals surface area (Å²) in [5.74, 6) is 1.46. The fourth-order valence-corrected chi connectivity index (χ4v) is 2.60. The van der Waals surface area contributed by atoms with E-state index in [-0.39, 0.29) is 0 Å². The number of methoxy groups -OCH3 is 1. The molecule has 0 amide bonds. The van der Waals surface area contributed by atoms with E-state index in [0.717, 1.165) is 32.6 Å². The second-order valence-corrected chi connectivity index (χ2v) is 5.84. The molecule has 0 spiro atoms. The van der Waals surface area contributed by atoms with Crippen LogP contribution in [0.5, 0.6) is 0 Å². The zero-order valence-corrected chi connectivity index (χ0v) is 14.5. The Bertz CT molecular complexity index is 578. The molecule has 1 N–H and O–H groups in total. The minimum atomic E-state index is 0.433. The van der Waals surface area contributed by atoms with E-state index in [9.17, 15) is 0 Å². The van der Waals surface area contributed by atoms with Gasteiger partial charge >= 0.3 is 0 Å². The number of aromatic nitrogens is 2. The van der Waals surface area contributed by atoms with E-state index in [2.05, 4.69) is 47.1 Å². The maximum atomic E-state index is 5.20. The Morgan fingerprint density at radius 2 is 2.05 bits per heavy atom. The smallest absolute Gasteiger partial charge is 0.161 e. The number of hydrogen-bond donors (Lipinski definition) is 1. The minimum Gasteiger partial charge on any atom is -0.378 e. The van der Waals surface area contributed by atoms with E-state index in [1.165, 1.54) is 0 Å². The van der Waals surface area contributed by atoms with Crippen LogP contribution in [-0.4, -0.2) is 23.6 Å². The monoisotopic (exact) mass is 399 g/mol. The summed E-state index contributed by atoms with van der Waals surface area (Å²) in [6.07, 6.45) is 0. The van der Waals surface area contributed by atoms with Gasteiger partial charge in [-0.05, 0) is 35.0 Å². The van der Waals surface area contributed by atoms with Gasteiger partial charge in [0.15, 0.2) is 5.82 Å². The second kappa shape index (κ2) is 7.15. The fraction of sp³-hybridized carbons (Fsp3) is 0.286. The Morgan fingerprint density at radius 1 is 1.25 bits per heavy atom. The van der Waals surface area contributed by atoms with Gasteiger partial charge in [-0.3, -0.25) is 0 Å². The summed E-state index contributed by atoms with van der Waals surface area (Å²) in [7, 11) is 1.65. The molecule has 0 bridgehead atoms. The lowest BCUT2D eigenvalue weighted by atomic mass is 10.2. The topological polar surface area (TPSA) is 47.0 Å². The van der Waals surface area contributed by atoms with E-state index in [1.54, 1.807) is 7.11 Å². The van der Waals surface area contributed by atoms with Gasteiger partial charge in [0.2, 0.25) is 0 Å². The molecule has 106 valence electrons. The molecule has 0 fully saturated rings. The fourth-order valence-electron chi connectivity index (χ4n) is 1.77. The molecule has 0 aliphatic heterocycles. The molecule has 6 heteroatoms. The Balaban J connectivity index is 2.52. The van der Waals surface area contributed by atoms with Crippen molar-refractivity contribution in [3.8, 4) is 11.4 Å². The number of anilines is 1. The molecular formula is C14H15Br2N3O. The molecule has 2 rings (SSSR count). The molecule has 1 aromatic heterocycles. The number of benzene rings is 1. The largest absolute Gasteiger partial charge is 0.378 e. The summed E-state index contributed by atoms with van der Waals surface area (Å²) < 4.78 is 7.05. The van der Waals surface area contributed by atoms with E-state index in [4.69, 9.17) is 4.74 Å². The highest BCUT2D eigenvalue weighted by molar-refractivity contribution is 9.11. The Hall–Kier alpha value is -0.980. The molecular weight excluding hydrogens is 386 g/mol. The molecule has 1 heterocycles. The van der Waals surface area contributed by atoms with Crippen LogP contribution in [0.4, 0.5) is 5.82 Å². The zero-order chi connectivity index (χ0) is 14.5. The normalized spacial score (nSPS) is 10.6. The van der Waals surface area contributed by atoms with Gasteiger partial charge in [-0.25, -0.2) is 9.97 Å². The Morgan fingerprint density at radius 3 is 2.70 bits per heavy atom. The van der Waals surface area contributed by atoms with E-state index < -0.39 is 0 Å². The average Bonchev–Trinajstić information content (AvgIpc) is 2.43. The molecule has 0 unspecified atom stereocenters. The molecule has 0 atom stereocenters. The predicted octanol–water partition coefficient (Wildman–Crippen LogP) is 4.25. The van der Waals surface area contributed by atoms with E-state index >= 15 is 0 Å². The summed E-state index contributed by atoms with van der Waals surface area (Å²) in [5.41, 5.74) is 1.79. The first-order chi connectivity index (χ1) is 9.65. The predicted molar refractivity (Wildman–Crippen MR) is 87.7 cm³/mol. The molecule has 20 heavy (non-hydrogen) atoms. The molecule has 4 nitrogen and oxygen atoms in total. The number of ether oxygens (including phenoxy) is 1. The third kappa shape index (κ3) is 3.56. The van der Waals surface area contributed by atoms with Crippen LogP contribution in [0.15, 0.2) is 33.2 Å². The van der Waals surface area contributed by atoms with Crippen molar-refractivity contribution in [1.82, 2.24) is 9.97 Å². The zero-order valence-electron chi connectivity index (χ0n) is 11.3. The lowest BCUT2D eigenvalue weighted by Crippen LogP contribution is -2.06. The van der Waals surface area contributed by atoms with Crippen molar-refractivity contribution in [3.05, 3.63) is 38.9 Å². The van der Waals surface area contributed by atoms with Crippen molar-refractivity contribution in [2.24, 2.45) is 0 Å². The number of rotatable bonds is 5. The molecule has 0 saturated carbocycles. The number of hydrogen-bond acceptors (Lipinski definition) is 4. The van der Waals surface area contributed by atoms with Gasteiger partial charge in [0.1, 0.15) is 5.82 Å². The number of nitrogens with one attached hydrogen (secondary N) is 1. The lowest BCUT2D eigenvalue weighted by Gasteiger charge is -2.12. The average molecular weight is 401 g/mol. The van der Waals surface area contributed by atoms with Crippen molar-refractivity contribution in [1.29, 1.82) is 0 Å². The van der Waals surface area contributed by atoms with E-state index in [1.807, 2.05) is 31.2 Å². The standard InChI is InChI=1S/C14H15Br2N3O/c1-3-17-14-12(16)11(8-20-2)18-13(19-14)9-5-4-6-10(15)7-9/h4-7H,3,8H2,1-2H3,(H,17,18,19). The first kappa shape index (κ1) is 15.4. The SMILES string of the molecule is CCNc1nc(-c2cccc(Br)c2)nc(COC)c1Br. The van der Waals surface area contributed by atoms with Crippen LogP contribution in [0, 0.1) is 0 Å². The molecule has 1 aromatic carbocycles. The molecule has 0 saturated heterocycles. The molecule has 0 radical (unpaired) electrons. The van der Waals surface area contributed by atoms with Crippen LogP contribution in [0.1, 0.15) is 12.6 Å². The van der Waals surface area contributed by atoms with Crippen molar-refractivity contribution in [2.75, 3.05) is 19.0 Å². The molecule has 0 aliphatic carbocycles. The maximum absolute atomic E-state index is 5.20. The van der Waals surface area contributed by atoms with Gasteiger partial charge in [0.25, 0.3) is 0 Å². The van der Waals surface area contributed by atoms with Crippen molar-refractivity contribution in [3.63, 3.8) is 0 Å². The minimum absolute atomic E-state index is 0.433. The van der Waals surface area contributed by atoms with Crippen LogP contribution >= 0.6 is 31.9 Å². The van der Waals surface area contributed by atoms with Gasteiger partial charge < -0.3 is 10.1 Å². The van der Waals surface area contributed by atoms with E-state index in [0.29, 0.717) is 12.4 Å². The highest BCUT2D eigenvalue weighted by atomic mass is 79.9. The van der Waals surface area contributed by atoms with Crippen molar-refractivity contribution >= 4 is 37.7 Å². The van der Waals surface area contributed by atoms with Gasteiger partial charge in [-0.2, -0.15) is 0 Å². The lowest BCUT2D eigenvalue weighted by molar-refractivity contribution is 0.181. The summed E-state index contributed by atoms with van der Waals surface area (Å²) in [6.45, 7) is 3.26. The van der Waals surface area contributed by atoms with Gasteiger partial charge in [0, 0.05) is 23.7 Å². The van der Waals surface area contributed by atoms with Gasteiger partial charge in [0.05, 0.1) is 16.8 Å². The highest BCUT2D eigenvalue weighted by Gasteiger charge is 2.13. The van der Waals surface area contributed by atoms with Crippen molar-refractivity contribution < 1.29 is 4.74 Å². The number of nitrogens with zero attached hydrogens (tertiary/aromatic N) is 2. The summed E-state index contributed by atoms with van der Waals surface area (Å²) >= 11 is 6.99.